The molecule has 0 aromatic heterocycles. The summed E-state index contributed by atoms with van der Waals surface area (Å²) in [4.78, 5) is 28.3. The van der Waals surface area contributed by atoms with Crippen molar-refractivity contribution in [3.05, 3.63) is 0 Å². The van der Waals surface area contributed by atoms with Crippen LogP contribution in [0.25, 0.3) is 0 Å². The Morgan fingerprint density at radius 2 is 0.667 bits per heavy atom. The Kier molecular flexibility index (Phi) is 35.8. The molecule has 18 heavy (non-hydrogen) atoms. The second kappa shape index (κ2) is 25.0. The summed E-state index contributed by atoms with van der Waals surface area (Å²) >= 11 is 0. The molecule has 0 fully saturated rings. The van der Waals surface area contributed by atoms with Gasteiger partial charge in [0, 0.05) is 0 Å². The van der Waals surface area contributed by atoms with Crippen molar-refractivity contribution in [1.29, 1.82) is 0 Å². The average molecular weight is 260 g/mol. The molecule has 110 valence electrons. The molecule has 0 aromatic carbocycles. The van der Waals surface area contributed by atoms with Crippen molar-refractivity contribution in [3.63, 3.8) is 0 Å². The van der Waals surface area contributed by atoms with E-state index in [0.717, 1.165) is 0 Å². The molecule has 0 radical (unpaired) electrons. The highest BCUT2D eigenvalue weighted by Gasteiger charge is 1.75. The van der Waals surface area contributed by atoms with E-state index in [1.54, 1.807) is 0 Å². The lowest BCUT2D eigenvalue weighted by Gasteiger charge is -1.86. The van der Waals surface area contributed by atoms with Gasteiger partial charge in [0.05, 0.1) is 0 Å². The first-order chi connectivity index (χ1) is 8.11. The van der Waals surface area contributed by atoms with Gasteiger partial charge in [-0.1, -0.05) is 39.5 Å². The fourth-order valence-corrected chi connectivity index (χ4v) is 0.500. The Morgan fingerprint density at radius 3 is 0.722 bits per heavy atom. The van der Waals surface area contributed by atoms with Crippen molar-refractivity contribution in [2.24, 2.45) is 0 Å². The van der Waals surface area contributed by atoms with Gasteiger partial charge in [0.2, 0.25) is 0 Å². The van der Waals surface area contributed by atoms with Crippen molar-refractivity contribution in [2.45, 2.75) is 81.1 Å². The van der Waals surface area contributed by atoms with E-state index in [-0.39, 0.29) is 17.3 Å². The summed E-state index contributed by atoms with van der Waals surface area (Å²) in [5.41, 5.74) is 0. The Bertz CT molecular complexity index is 151. The van der Waals surface area contributed by atoms with Crippen LogP contribution in [0.5, 0.6) is 0 Å². The van der Waals surface area contributed by atoms with E-state index in [1.165, 1.54) is 67.2 Å². The zero-order chi connectivity index (χ0) is 15.6. The summed E-state index contributed by atoms with van der Waals surface area (Å²) in [6, 6.07) is 0. The molecule has 0 amide bonds. The fourth-order valence-electron chi connectivity index (χ4n) is 0.500. The van der Waals surface area contributed by atoms with Crippen LogP contribution in [-0.4, -0.2) is 17.3 Å². The summed E-state index contributed by atoms with van der Waals surface area (Å²) in [7, 11) is 0. The molecule has 0 bridgehead atoms. The standard InChI is InChI=1S/C6H14.3C3H6O/c1-3-5-6-4-2;3*1-3(2)4/h3-6H2,1-2H3;3*1-2H3. The first-order valence-electron chi connectivity index (χ1n) is 6.53. The number of Topliss-reactive ketones (excluding diaryl/α,β-unsaturated/α-hetero) is 3. The lowest BCUT2D eigenvalue weighted by Crippen LogP contribution is -1.69. The second-order valence-corrected chi connectivity index (χ2v) is 4.43. The lowest BCUT2D eigenvalue weighted by molar-refractivity contribution is -0.115. The van der Waals surface area contributed by atoms with E-state index < -0.39 is 0 Å². The number of ketones is 3. The number of rotatable bonds is 3. The molecule has 3 heteroatoms. The highest BCUT2D eigenvalue weighted by molar-refractivity contribution is 5.72. The minimum Gasteiger partial charge on any atom is -0.300 e. The van der Waals surface area contributed by atoms with E-state index >= 15 is 0 Å². The van der Waals surface area contributed by atoms with Crippen molar-refractivity contribution in [2.75, 3.05) is 0 Å². The molecule has 0 saturated carbocycles. The number of hydrogen-bond acceptors (Lipinski definition) is 3. The van der Waals surface area contributed by atoms with Crippen molar-refractivity contribution in [1.82, 2.24) is 0 Å². The van der Waals surface area contributed by atoms with E-state index in [9.17, 15) is 14.4 Å². The maximum atomic E-state index is 9.44. The van der Waals surface area contributed by atoms with Gasteiger partial charge in [-0.3, -0.25) is 0 Å². The Balaban J connectivity index is -0.0000000742. The van der Waals surface area contributed by atoms with Gasteiger partial charge in [-0.05, 0) is 41.5 Å². The summed E-state index contributed by atoms with van der Waals surface area (Å²) in [6.45, 7) is 13.6. The zero-order valence-electron chi connectivity index (χ0n) is 13.6. The molecule has 3 nitrogen and oxygen atoms in total. The third-order valence-corrected chi connectivity index (χ3v) is 0.957. The number of unbranched alkanes of at least 4 members (excludes halogenated alkanes) is 3. The van der Waals surface area contributed by atoms with Crippen LogP contribution < -0.4 is 0 Å². The van der Waals surface area contributed by atoms with Gasteiger partial charge in [0.1, 0.15) is 17.3 Å². The highest BCUT2D eigenvalue weighted by atomic mass is 16.1. The highest BCUT2D eigenvalue weighted by Crippen LogP contribution is 1.95. The molecule has 0 spiro atoms. The van der Waals surface area contributed by atoms with E-state index in [4.69, 9.17) is 0 Å². The van der Waals surface area contributed by atoms with Gasteiger partial charge in [-0.15, -0.1) is 0 Å². The summed E-state index contributed by atoms with van der Waals surface area (Å²) in [5, 5.41) is 0. The smallest absolute Gasteiger partial charge is 0.126 e. The van der Waals surface area contributed by atoms with Crippen LogP contribution in [-0.2, 0) is 14.4 Å². The van der Waals surface area contributed by atoms with Crippen LogP contribution in [0, 0.1) is 0 Å². The molecule has 0 atom stereocenters. The number of carbonyl (C=O) groups excluding carboxylic acids is 3. The fraction of sp³-hybridized carbons (Fsp3) is 0.800. The monoisotopic (exact) mass is 260 g/mol. The normalized spacial score (nSPS) is 7.33. The van der Waals surface area contributed by atoms with Gasteiger partial charge < -0.3 is 14.4 Å². The number of carbonyl (C=O) groups is 3. The first kappa shape index (κ1) is 25.8. The van der Waals surface area contributed by atoms with Crippen LogP contribution in [0.3, 0.4) is 0 Å². The molecule has 0 rings (SSSR count). The van der Waals surface area contributed by atoms with Crippen molar-refractivity contribution in [3.8, 4) is 0 Å². The summed E-state index contributed by atoms with van der Waals surface area (Å²) in [5.74, 6) is 0.500. The van der Waals surface area contributed by atoms with Crippen LogP contribution in [0.15, 0.2) is 0 Å². The predicted octanol–water partition coefficient (Wildman–Crippen LogP) is 4.37. The molecule has 0 unspecified atom stereocenters. The first-order valence-corrected chi connectivity index (χ1v) is 6.53. The van der Waals surface area contributed by atoms with E-state index in [2.05, 4.69) is 13.8 Å². The molecular formula is C15H32O3. The van der Waals surface area contributed by atoms with Crippen LogP contribution >= 0.6 is 0 Å². The molecular weight excluding hydrogens is 228 g/mol. The topological polar surface area (TPSA) is 51.2 Å². The van der Waals surface area contributed by atoms with Crippen molar-refractivity contribution >= 4 is 17.3 Å². The Morgan fingerprint density at radius 1 is 0.556 bits per heavy atom. The average Bonchev–Trinajstić information content (AvgIpc) is 2.11. The Labute approximate surface area is 113 Å². The zero-order valence-corrected chi connectivity index (χ0v) is 13.6. The van der Waals surface area contributed by atoms with E-state index in [0.29, 0.717) is 0 Å². The quantitative estimate of drug-likeness (QED) is 0.708. The maximum absolute atomic E-state index is 9.44. The second-order valence-electron chi connectivity index (χ2n) is 4.43. The Hall–Kier alpha value is -0.990. The minimum absolute atomic E-state index is 0.167. The molecule has 0 aromatic rings. The predicted molar refractivity (Wildman–Crippen MR) is 78.9 cm³/mol. The van der Waals surface area contributed by atoms with Crippen LogP contribution in [0.4, 0.5) is 0 Å². The molecule has 0 saturated heterocycles. The molecule has 0 heterocycles. The molecule has 0 aliphatic rings. The van der Waals surface area contributed by atoms with E-state index in [1.807, 2.05) is 0 Å². The van der Waals surface area contributed by atoms with Crippen LogP contribution in [0.1, 0.15) is 81.1 Å². The molecule has 0 aliphatic heterocycles. The van der Waals surface area contributed by atoms with Crippen molar-refractivity contribution < 1.29 is 14.4 Å². The minimum atomic E-state index is 0.167. The maximum Gasteiger partial charge on any atom is 0.126 e. The van der Waals surface area contributed by atoms with Crippen LogP contribution in [0.2, 0.25) is 0 Å². The third kappa shape index (κ3) is 729. The largest absolute Gasteiger partial charge is 0.300 e. The van der Waals surface area contributed by atoms with Gasteiger partial charge >= 0.3 is 0 Å². The van der Waals surface area contributed by atoms with Gasteiger partial charge in [0.15, 0.2) is 0 Å². The summed E-state index contributed by atoms with van der Waals surface area (Å²) < 4.78 is 0. The lowest BCUT2D eigenvalue weighted by atomic mass is 10.2. The van der Waals surface area contributed by atoms with Gasteiger partial charge in [0.25, 0.3) is 0 Å². The summed E-state index contributed by atoms with van der Waals surface area (Å²) in [6.07, 6.45) is 5.54. The molecule has 0 aliphatic carbocycles. The van der Waals surface area contributed by atoms with Gasteiger partial charge in [-0.25, -0.2) is 0 Å². The van der Waals surface area contributed by atoms with Gasteiger partial charge in [-0.2, -0.15) is 0 Å². The number of hydrogen-bond donors (Lipinski definition) is 0. The SMILES string of the molecule is CC(C)=O.CC(C)=O.CC(C)=O.CCCCCC. The third-order valence-electron chi connectivity index (χ3n) is 0.957. The molecule has 0 N–H and O–H groups in total.